The Morgan fingerprint density at radius 3 is 2.74 bits per heavy atom. The predicted octanol–water partition coefficient (Wildman–Crippen LogP) is 2.82. The van der Waals surface area contributed by atoms with Crippen molar-refractivity contribution in [3.8, 4) is 5.75 Å². The number of methoxy groups -OCH3 is 1. The molecule has 0 spiro atoms. The molecule has 5 nitrogen and oxygen atoms in total. The SMILES string of the molecule is COC1=C(O)C=CC(CCC(=O)NCCc2ccc(O)cc2)C1. The number of carbonyl (C=O) groups is 1. The normalized spacial score (nSPS) is 17.2. The van der Waals surface area contributed by atoms with Crippen molar-refractivity contribution in [1.29, 1.82) is 0 Å². The molecule has 23 heavy (non-hydrogen) atoms. The summed E-state index contributed by atoms with van der Waals surface area (Å²) in [5.74, 6) is 1.22. The van der Waals surface area contributed by atoms with Crippen LogP contribution in [0.2, 0.25) is 0 Å². The molecule has 0 heterocycles. The monoisotopic (exact) mass is 317 g/mol. The Morgan fingerprint density at radius 2 is 2.04 bits per heavy atom. The molecule has 0 aliphatic heterocycles. The summed E-state index contributed by atoms with van der Waals surface area (Å²) < 4.78 is 5.12. The summed E-state index contributed by atoms with van der Waals surface area (Å²) in [4.78, 5) is 11.9. The van der Waals surface area contributed by atoms with Gasteiger partial charge in [-0.3, -0.25) is 4.79 Å². The molecule has 1 unspecified atom stereocenters. The number of benzene rings is 1. The zero-order chi connectivity index (χ0) is 16.7. The van der Waals surface area contributed by atoms with Crippen molar-refractivity contribution in [3.05, 3.63) is 53.5 Å². The van der Waals surface area contributed by atoms with Crippen molar-refractivity contribution in [2.45, 2.75) is 25.7 Å². The second-order valence-corrected chi connectivity index (χ2v) is 5.64. The van der Waals surface area contributed by atoms with Crippen molar-refractivity contribution in [2.24, 2.45) is 5.92 Å². The highest BCUT2D eigenvalue weighted by Crippen LogP contribution is 2.26. The minimum absolute atomic E-state index is 0.0231. The Hall–Kier alpha value is -2.43. The van der Waals surface area contributed by atoms with E-state index in [4.69, 9.17) is 4.74 Å². The van der Waals surface area contributed by atoms with Gasteiger partial charge in [-0.2, -0.15) is 0 Å². The van der Waals surface area contributed by atoms with Gasteiger partial charge in [-0.25, -0.2) is 0 Å². The first-order chi connectivity index (χ1) is 11.1. The molecule has 0 fully saturated rings. The standard InChI is InChI=1S/C18H23NO4/c1-23-17-12-14(4-8-16(17)21)5-9-18(22)19-11-10-13-2-6-15(20)7-3-13/h2-4,6-8,14,20-21H,5,9-12H2,1H3,(H,19,22). The van der Waals surface area contributed by atoms with Crippen LogP contribution in [0.25, 0.3) is 0 Å². The first-order valence-electron chi connectivity index (χ1n) is 7.77. The first-order valence-corrected chi connectivity index (χ1v) is 7.77. The summed E-state index contributed by atoms with van der Waals surface area (Å²) in [6, 6.07) is 6.98. The van der Waals surface area contributed by atoms with E-state index >= 15 is 0 Å². The lowest BCUT2D eigenvalue weighted by molar-refractivity contribution is -0.121. The maximum atomic E-state index is 11.9. The Morgan fingerprint density at radius 1 is 1.30 bits per heavy atom. The molecule has 1 atom stereocenters. The maximum absolute atomic E-state index is 11.9. The van der Waals surface area contributed by atoms with Crippen LogP contribution < -0.4 is 5.32 Å². The van der Waals surface area contributed by atoms with E-state index in [0.717, 1.165) is 18.4 Å². The fourth-order valence-electron chi connectivity index (χ4n) is 2.53. The molecule has 1 aromatic carbocycles. The molecular formula is C18H23NO4. The number of aromatic hydroxyl groups is 1. The van der Waals surface area contributed by atoms with Gasteiger partial charge in [-0.15, -0.1) is 0 Å². The number of hydrogen-bond donors (Lipinski definition) is 3. The number of phenolic OH excluding ortho intramolecular Hbond substituents is 1. The number of rotatable bonds is 7. The van der Waals surface area contributed by atoms with Crippen LogP contribution in [-0.2, 0) is 16.0 Å². The third-order valence-corrected chi connectivity index (χ3v) is 3.92. The lowest BCUT2D eigenvalue weighted by Crippen LogP contribution is -2.26. The van der Waals surface area contributed by atoms with Crippen molar-refractivity contribution in [2.75, 3.05) is 13.7 Å². The highest BCUT2D eigenvalue weighted by atomic mass is 16.5. The summed E-state index contributed by atoms with van der Waals surface area (Å²) in [6.45, 7) is 0.578. The molecule has 5 heteroatoms. The molecule has 2 rings (SSSR count). The number of ether oxygens (including phenoxy) is 1. The second-order valence-electron chi connectivity index (χ2n) is 5.64. The van der Waals surface area contributed by atoms with Crippen LogP contribution in [0.15, 0.2) is 47.9 Å². The Bertz CT molecular complexity index is 590. The Balaban J connectivity index is 1.66. The zero-order valence-electron chi connectivity index (χ0n) is 13.3. The van der Waals surface area contributed by atoms with Crippen LogP contribution in [0, 0.1) is 5.92 Å². The zero-order valence-corrected chi connectivity index (χ0v) is 13.3. The number of nitrogens with one attached hydrogen (secondary N) is 1. The van der Waals surface area contributed by atoms with Gasteiger partial charge in [-0.1, -0.05) is 18.2 Å². The largest absolute Gasteiger partial charge is 0.508 e. The third kappa shape index (κ3) is 5.36. The van der Waals surface area contributed by atoms with Gasteiger partial charge >= 0.3 is 0 Å². The smallest absolute Gasteiger partial charge is 0.220 e. The van der Waals surface area contributed by atoms with Crippen LogP contribution >= 0.6 is 0 Å². The number of allylic oxidation sites excluding steroid dienone is 3. The van der Waals surface area contributed by atoms with Gasteiger partial charge in [-0.05, 0) is 42.5 Å². The summed E-state index contributed by atoms with van der Waals surface area (Å²) in [5.41, 5.74) is 1.07. The fourth-order valence-corrected chi connectivity index (χ4v) is 2.53. The Kier molecular flexibility index (Phi) is 6.09. The van der Waals surface area contributed by atoms with E-state index in [1.165, 1.54) is 7.11 Å². The lowest BCUT2D eigenvalue weighted by atomic mass is 9.93. The van der Waals surface area contributed by atoms with E-state index in [-0.39, 0.29) is 23.3 Å². The van der Waals surface area contributed by atoms with Gasteiger partial charge in [0.15, 0.2) is 5.76 Å². The van der Waals surface area contributed by atoms with Crippen molar-refractivity contribution >= 4 is 5.91 Å². The summed E-state index contributed by atoms with van der Waals surface area (Å²) >= 11 is 0. The van der Waals surface area contributed by atoms with Crippen LogP contribution in [0.5, 0.6) is 5.75 Å². The topological polar surface area (TPSA) is 78.8 Å². The van der Waals surface area contributed by atoms with Crippen molar-refractivity contribution in [1.82, 2.24) is 5.32 Å². The van der Waals surface area contributed by atoms with Gasteiger partial charge in [0.05, 0.1) is 7.11 Å². The molecule has 1 aliphatic rings. The number of hydrogen-bond acceptors (Lipinski definition) is 4. The van der Waals surface area contributed by atoms with Crippen LogP contribution in [0.1, 0.15) is 24.8 Å². The van der Waals surface area contributed by atoms with Crippen LogP contribution in [0.3, 0.4) is 0 Å². The first kappa shape index (κ1) is 16.9. The lowest BCUT2D eigenvalue weighted by Gasteiger charge is -2.18. The molecule has 124 valence electrons. The van der Waals surface area contributed by atoms with Crippen molar-refractivity contribution in [3.63, 3.8) is 0 Å². The molecule has 0 saturated carbocycles. The van der Waals surface area contributed by atoms with E-state index in [9.17, 15) is 15.0 Å². The number of aliphatic hydroxyl groups excluding tert-OH is 1. The van der Waals surface area contributed by atoms with E-state index in [1.54, 1.807) is 18.2 Å². The summed E-state index contributed by atoms with van der Waals surface area (Å²) in [7, 11) is 1.54. The van der Waals surface area contributed by atoms with Gasteiger partial charge < -0.3 is 20.3 Å². The number of amides is 1. The van der Waals surface area contributed by atoms with Crippen LogP contribution in [-0.4, -0.2) is 29.8 Å². The predicted molar refractivity (Wildman–Crippen MR) is 88.0 cm³/mol. The molecule has 1 amide bonds. The van der Waals surface area contributed by atoms with E-state index < -0.39 is 0 Å². The minimum Gasteiger partial charge on any atom is -0.508 e. The third-order valence-electron chi connectivity index (χ3n) is 3.92. The molecule has 0 bridgehead atoms. The molecule has 1 aromatic rings. The van der Waals surface area contributed by atoms with Gasteiger partial charge in [0.1, 0.15) is 11.5 Å². The molecule has 3 N–H and O–H groups in total. The quantitative estimate of drug-likeness (QED) is 0.722. The number of carbonyl (C=O) groups excluding carboxylic acids is 1. The van der Waals surface area contributed by atoms with Gasteiger partial charge in [0, 0.05) is 19.4 Å². The summed E-state index contributed by atoms with van der Waals surface area (Å²) in [6.07, 6.45) is 6.08. The van der Waals surface area contributed by atoms with Gasteiger partial charge in [0.25, 0.3) is 0 Å². The highest BCUT2D eigenvalue weighted by Gasteiger charge is 2.17. The maximum Gasteiger partial charge on any atom is 0.220 e. The molecular weight excluding hydrogens is 294 g/mol. The number of phenols is 1. The molecule has 1 aliphatic carbocycles. The molecule has 0 aromatic heterocycles. The average molecular weight is 317 g/mol. The second kappa shape index (κ2) is 8.27. The molecule has 0 saturated heterocycles. The van der Waals surface area contributed by atoms with Gasteiger partial charge in [0.2, 0.25) is 5.91 Å². The minimum atomic E-state index is 0.0231. The number of aliphatic hydroxyl groups is 1. The molecule has 0 radical (unpaired) electrons. The van der Waals surface area contributed by atoms with E-state index in [0.29, 0.717) is 25.1 Å². The van der Waals surface area contributed by atoms with E-state index in [1.807, 2.05) is 18.2 Å². The fraction of sp³-hybridized carbons (Fsp3) is 0.389. The van der Waals surface area contributed by atoms with Crippen LogP contribution in [0.4, 0.5) is 0 Å². The highest BCUT2D eigenvalue weighted by molar-refractivity contribution is 5.75. The Labute approximate surface area is 136 Å². The summed E-state index contributed by atoms with van der Waals surface area (Å²) in [5, 5.41) is 21.7. The average Bonchev–Trinajstić information content (AvgIpc) is 2.56. The van der Waals surface area contributed by atoms with Crippen molar-refractivity contribution < 1.29 is 19.7 Å². The van der Waals surface area contributed by atoms with E-state index in [2.05, 4.69) is 5.32 Å².